The van der Waals surface area contributed by atoms with E-state index in [1.54, 1.807) is 47.4 Å². The lowest BCUT2D eigenvalue weighted by molar-refractivity contribution is -0.135. The van der Waals surface area contributed by atoms with Gasteiger partial charge in [0.05, 0.1) is 14.9 Å². The van der Waals surface area contributed by atoms with Gasteiger partial charge in [0.25, 0.3) is 0 Å². The van der Waals surface area contributed by atoms with E-state index in [1.807, 2.05) is 31.2 Å². The molecule has 1 atom stereocenters. The summed E-state index contributed by atoms with van der Waals surface area (Å²) in [4.78, 5) is 15.5. The number of halogens is 3. The third-order valence-electron chi connectivity index (χ3n) is 6.06. The molecule has 0 spiro atoms. The van der Waals surface area contributed by atoms with Crippen LogP contribution in [-0.4, -0.2) is 42.7 Å². The molecule has 4 rings (SSSR count). The van der Waals surface area contributed by atoms with E-state index in [1.165, 1.54) is 4.31 Å². The SMILES string of the molecule is CCN(Cc1ccccc1Oc1ccc(Cl)c(Cl)c1)C(=O)C1CCCN1S(=O)(=O)c1ccc(Br)cc1. The minimum atomic E-state index is -3.80. The van der Waals surface area contributed by atoms with Crippen molar-refractivity contribution in [1.82, 2.24) is 9.21 Å². The van der Waals surface area contributed by atoms with Crippen LogP contribution in [0.1, 0.15) is 25.3 Å². The highest BCUT2D eigenvalue weighted by Gasteiger charge is 2.41. The Morgan fingerprint density at radius 3 is 2.50 bits per heavy atom. The molecule has 1 heterocycles. The molecule has 0 aliphatic carbocycles. The van der Waals surface area contributed by atoms with E-state index < -0.39 is 16.1 Å². The number of carbonyl (C=O) groups is 1. The molecule has 36 heavy (non-hydrogen) atoms. The molecule has 10 heteroatoms. The van der Waals surface area contributed by atoms with Crippen molar-refractivity contribution in [3.05, 3.63) is 86.8 Å². The molecule has 1 unspecified atom stereocenters. The van der Waals surface area contributed by atoms with Gasteiger partial charge in [-0.15, -0.1) is 0 Å². The molecule has 190 valence electrons. The van der Waals surface area contributed by atoms with Gasteiger partial charge in [0.15, 0.2) is 0 Å². The number of para-hydroxylation sites is 1. The molecule has 0 aromatic heterocycles. The highest BCUT2D eigenvalue weighted by molar-refractivity contribution is 9.10. The summed E-state index contributed by atoms with van der Waals surface area (Å²) in [6, 6.07) is 18.1. The number of rotatable bonds is 8. The lowest BCUT2D eigenvalue weighted by Crippen LogP contribution is -2.47. The van der Waals surface area contributed by atoms with Gasteiger partial charge in [-0.05, 0) is 62.2 Å². The predicted octanol–water partition coefficient (Wildman–Crippen LogP) is 6.75. The maximum Gasteiger partial charge on any atom is 0.243 e. The standard InChI is InChI=1S/C26H25BrCl2N2O4S/c1-2-30(17-18-6-3-4-8-25(18)35-20-11-14-22(28)23(29)16-20)26(32)24-7-5-15-31(24)36(33,34)21-12-9-19(27)10-13-21/h3-4,6,8-14,16,24H,2,5,7,15,17H2,1H3. The second-order valence-electron chi connectivity index (χ2n) is 8.37. The van der Waals surface area contributed by atoms with Gasteiger partial charge >= 0.3 is 0 Å². The maximum atomic E-state index is 13.6. The van der Waals surface area contributed by atoms with Gasteiger partial charge in [-0.3, -0.25) is 4.79 Å². The first-order valence-corrected chi connectivity index (χ1v) is 14.5. The smallest absolute Gasteiger partial charge is 0.243 e. The van der Waals surface area contributed by atoms with E-state index in [2.05, 4.69) is 15.9 Å². The largest absolute Gasteiger partial charge is 0.457 e. The number of likely N-dealkylation sites (N-methyl/N-ethyl adjacent to an activating group) is 1. The fourth-order valence-corrected chi connectivity index (χ4v) is 6.38. The molecule has 0 saturated carbocycles. The molecule has 0 radical (unpaired) electrons. The maximum absolute atomic E-state index is 13.6. The molecule has 3 aromatic rings. The molecule has 1 aliphatic rings. The van der Waals surface area contributed by atoms with Crippen LogP contribution in [0, 0.1) is 0 Å². The molecular formula is C26H25BrCl2N2O4S. The van der Waals surface area contributed by atoms with Crippen molar-refractivity contribution in [3.63, 3.8) is 0 Å². The number of carbonyl (C=O) groups excluding carboxylic acids is 1. The zero-order valence-corrected chi connectivity index (χ0v) is 23.4. The lowest BCUT2D eigenvalue weighted by Gasteiger charge is -2.29. The summed E-state index contributed by atoms with van der Waals surface area (Å²) in [7, 11) is -3.80. The van der Waals surface area contributed by atoms with Crippen molar-refractivity contribution in [2.45, 2.75) is 37.2 Å². The molecule has 0 bridgehead atoms. The summed E-state index contributed by atoms with van der Waals surface area (Å²) >= 11 is 15.5. The zero-order valence-electron chi connectivity index (χ0n) is 19.5. The van der Waals surface area contributed by atoms with Crippen LogP contribution in [0.15, 0.2) is 76.1 Å². The first-order valence-electron chi connectivity index (χ1n) is 11.5. The molecule has 1 amide bonds. The van der Waals surface area contributed by atoms with E-state index in [0.29, 0.717) is 47.5 Å². The zero-order chi connectivity index (χ0) is 25.9. The average molecular weight is 612 g/mol. The van der Waals surface area contributed by atoms with E-state index in [4.69, 9.17) is 27.9 Å². The van der Waals surface area contributed by atoms with E-state index in [9.17, 15) is 13.2 Å². The van der Waals surface area contributed by atoms with E-state index >= 15 is 0 Å². The van der Waals surface area contributed by atoms with Crippen molar-refractivity contribution in [1.29, 1.82) is 0 Å². The van der Waals surface area contributed by atoms with Crippen LogP contribution >= 0.6 is 39.1 Å². The van der Waals surface area contributed by atoms with Crippen LogP contribution < -0.4 is 4.74 Å². The summed E-state index contributed by atoms with van der Waals surface area (Å²) in [6.45, 7) is 2.88. The molecule has 1 fully saturated rings. The van der Waals surface area contributed by atoms with Crippen LogP contribution in [0.25, 0.3) is 0 Å². The van der Waals surface area contributed by atoms with Crippen molar-refractivity contribution in [3.8, 4) is 11.5 Å². The number of benzene rings is 3. The summed E-state index contributed by atoms with van der Waals surface area (Å²) in [5.41, 5.74) is 0.791. The Balaban J connectivity index is 1.55. The van der Waals surface area contributed by atoms with Gasteiger partial charge < -0.3 is 9.64 Å². The Hall–Kier alpha value is -2.10. The highest BCUT2D eigenvalue weighted by Crippen LogP contribution is 2.32. The quantitative estimate of drug-likeness (QED) is 0.283. The van der Waals surface area contributed by atoms with Crippen LogP contribution in [0.4, 0.5) is 0 Å². The van der Waals surface area contributed by atoms with Crippen LogP contribution in [0.5, 0.6) is 11.5 Å². The fourth-order valence-electron chi connectivity index (χ4n) is 4.18. The Morgan fingerprint density at radius 2 is 1.81 bits per heavy atom. The lowest BCUT2D eigenvalue weighted by atomic mass is 10.1. The fraction of sp³-hybridized carbons (Fsp3) is 0.269. The number of amides is 1. The van der Waals surface area contributed by atoms with Gasteiger partial charge in [-0.25, -0.2) is 8.42 Å². The number of hydrogen-bond donors (Lipinski definition) is 0. The number of hydrogen-bond acceptors (Lipinski definition) is 4. The molecule has 3 aromatic carbocycles. The summed E-state index contributed by atoms with van der Waals surface area (Å²) in [5, 5.41) is 0.810. The normalized spacial score (nSPS) is 16.2. The van der Waals surface area contributed by atoms with Crippen molar-refractivity contribution in [2.75, 3.05) is 13.1 Å². The van der Waals surface area contributed by atoms with Crippen molar-refractivity contribution >= 4 is 55.1 Å². The Kier molecular flexibility index (Phi) is 8.63. The number of sulfonamides is 1. The van der Waals surface area contributed by atoms with E-state index in [-0.39, 0.29) is 17.3 Å². The molecule has 6 nitrogen and oxygen atoms in total. The highest BCUT2D eigenvalue weighted by atomic mass is 79.9. The monoisotopic (exact) mass is 610 g/mol. The van der Waals surface area contributed by atoms with E-state index in [0.717, 1.165) is 10.0 Å². The van der Waals surface area contributed by atoms with Crippen molar-refractivity contribution in [2.24, 2.45) is 0 Å². The summed E-state index contributed by atoms with van der Waals surface area (Å²) in [5.74, 6) is 0.877. The molecule has 1 aliphatic heterocycles. The predicted molar refractivity (Wildman–Crippen MR) is 145 cm³/mol. The van der Waals surface area contributed by atoms with Gasteiger partial charge in [0, 0.05) is 35.7 Å². The second kappa shape index (κ2) is 11.5. The topological polar surface area (TPSA) is 66.9 Å². The van der Waals surface area contributed by atoms with Crippen LogP contribution in [0.2, 0.25) is 10.0 Å². The Bertz CT molecular complexity index is 1350. The van der Waals surface area contributed by atoms with Crippen molar-refractivity contribution < 1.29 is 17.9 Å². The molecule has 1 saturated heterocycles. The van der Waals surface area contributed by atoms with Gasteiger partial charge in [0.2, 0.25) is 15.9 Å². The average Bonchev–Trinajstić information content (AvgIpc) is 3.37. The van der Waals surface area contributed by atoms with Crippen LogP contribution in [0.3, 0.4) is 0 Å². The number of ether oxygens (including phenoxy) is 1. The third-order valence-corrected chi connectivity index (χ3v) is 9.25. The summed E-state index contributed by atoms with van der Waals surface area (Å²) < 4.78 is 34.8. The third kappa shape index (κ3) is 5.89. The molecular weight excluding hydrogens is 587 g/mol. The van der Waals surface area contributed by atoms with Gasteiger partial charge in [-0.2, -0.15) is 4.31 Å². The summed E-state index contributed by atoms with van der Waals surface area (Å²) in [6.07, 6.45) is 1.10. The minimum Gasteiger partial charge on any atom is -0.457 e. The minimum absolute atomic E-state index is 0.175. The van der Waals surface area contributed by atoms with Crippen LogP contribution in [-0.2, 0) is 21.4 Å². The Morgan fingerprint density at radius 1 is 1.08 bits per heavy atom. The first-order chi connectivity index (χ1) is 17.2. The number of nitrogens with zero attached hydrogens (tertiary/aromatic N) is 2. The molecule has 0 N–H and O–H groups in total. The van der Waals surface area contributed by atoms with Gasteiger partial charge in [-0.1, -0.05) is 57.3 Å². The van der Waals surface area contributed by atoms with Gasteiger partial charge in [0.1, 0.15) is 17.5 Å². The second-order valence-corrected chi connectivity index (χ2v) is 12.0. The Labute approximate surface area is 229 Å². The first kappa shape index (κ1) is 26.9.